The molecule has 1 N–H and O–H groups in total. The summed E-state index contributed by atoms with van der Waals surface area (Å²) in [7, 11) is -7.50. The predicted octanol–water partition coefficient (Wildman–Crippen LogP) is 4.25. The van der Waals surface area contributed by atoms with Gasteiger partial charge in [0.05, 0.1) is 22.0 Å². The van der Waals surface area contributed by atoms with Gasteiger partial charge >= 0.3 is 0 Å². The Kier molecular flexibility index (Phi) is 7.52. The maximum Gasteiger partial charge on any atom is 0.296 e. The second-order valence-corrected chi connectivity index (χ2v) is 12.2. The normalized spacial score (nSPS) is 13.7. The van der Waals surface area contributed by atoms with Crippen LogP contribution in [0.4, 0.5) is 0 Å². The molecule has 0 saturated carbocycles. The third-order valence-corrected chi connectivity index (χ3v) is 9.07. The molecule has 0 atom stereocenters. The summed E-state index contributed by atoms with van der Waals surface area (Å²) in [4.78, 5) is 0.327. The molecule has 0 aromatic heterocycles. The van der Waals surface area contributed by atoms with Crippen molar-refractivity contribution in [2.75, 3.05) is 6.61 Å². The first-order chi connectivity index (χ1) is 17.1. The lowest BCUT2D eigenvalue weighted by Gasteiger charge is -2.15. The number of fused-ring (bicyclic) bond motifs is 1. The summed E-state index contributed by atoms with van der Waals surface area (Å²) in [5, 5.41) is 10.7. The van der Waals surface area contributed by atoms with Crippen molar-refractivity contribution >= 4 is 20.1 Å². The van der Waals surface area contributed by atoms with E-state index in [1.807, 2.05) is 13.8 Å². The number of unbranched alkanes of at least 4 members (excludes halogenated alkanes) is 1. The number of hydrogen-bond acceptors (Lipinski definition) is 6. The standard InChI is InChI=1S/C27H27NO6S2/c1-20-7-13-24(14-8-20)35(30,31)28-18-23-12-11-22(27(29)26(23)19-28)6-4-3-5-17-34-36(32,33)25-15-9-21(2)10-16-25/h7-16,29H,3,5,17-19H2,1-2H3. The summed E-state index contributed by atoms with van der Waals surface area (Å²) in [5.74, 6) is 5.79. The molecule has 36 heavy (non-hydrogen) atoms. The lowest BCUT2D eigenvalue weighted by Crippen LogP contribution is -2.25. The molecule has 9 heteroatoms. The molecule has 0 fully saturated rings. The van der Waals surface area contributed by atoms with Crippen LogP contribution in [0, 0.1) is 25.7 Å². The number of phenolic OH excluding ortho intramolecular Hbond substituents is 1. The number of aryl methyl sites for hydroxylation is 2. The van der Waals surface area contributed by atoms with Crippen LogP contribution >= 0.6 is 0 Å². The smallest absolute Gasteiger partial charge is 0.296 e. The van der Waals surface area contributed by atoms with Gasteiger partial charge in [-0.25, -0.2) is 8.42 Å². The molecule has 3 aromatic rings. The average Bonchev–Trinajstić information content (AvgIpc) is 3.29. The van der Waals surface area contributed by atoms with Crippen molar-refractivity contribution in [3.63, 3.8) is 0 Å². The Morgan fingerprint density at radius 2 is 1.47 bits per heavy atom. The van der Waals surface area contributed by atoms with Gasteiger partial charge < -0.3 is 5.11 Å². The summed E-state index contributed by atoms with van der Waals surface area (Å²) in [6.07, 6.45) is 0.764. The Bertz CT molecular complexity index is 1530. The summed E-state index contributed by atoms with van der Waals surface area (Å²) in [5.41, 5.74) is 3.61. The fraction of sp³-hybridized carbons (Fsp3) is 0.259. The van der Waals surface area contributed by atoms with Crippen LogP contribution in [0.25, 0.3) is 0 Å². The summed E-state index contributed by atoms with van der Waals surface area (Å²) >= 11 is 0. The van der Waals surface area contributed by atoms with Crippen LogP contribution in [-0.2, 0) is 37.4 Å². The molecular formula is C27H27NO6S2. The monoisotopic (exact) mass is 525 g/mol. The van der Waals surface area contributed by atoms with Crippen molar-refractivity contribution in [2.45, 2.75) is 49.6 Å². The van der Waals surface area contributed by atoms with Crippen LogP contribution < -0.4 is 0 Å². The third kappa shape index (κ3) is 5.63. The number of aromatic hydroxyl groups is 1. The molecule has 188 valence electrons. The molecule has 0 bridgehead atoms. The molecule has 3 aromatic carbocycles. The predicted molar refractivity (Wildman–Crippen MR) is 136 cm³/mol. The minimum Gasteiger partial charge on any atom is -0.506 e. The quantitative estimate of drug-likeness (QED) is 0.281. The van der Waals surface area contributed by atoms with E-state index in [2.05, 4.69) is 11.8 Å². The first-order valence-corrected chi connectivity index (χ1v) is 14.3. The highest BCUT2D eigenvalue weighted by Crippen LogP contribution is 2.35. The third-order valence-electron chi connectivity index (χ3n) is 5.94. The topological polar surface area (TPSA) is 101 Å². The van der Waals surface area contributed by atoms with Crippen LogP contribution in [0.15, 0.2) is 70.5 Å². The molecule has 0 unspecified atom stereocenters. The maximum atomic E-state index is 13.0. The number of nitrogens with zero attached hydrogens (tertiary/aromatic N) is 1. The van der Waals surface area contributed by atoms with Gasteiger partial charge in [0, 0.05) is 25.1 Å². The molecule has 1 aliphatic heterocycles. The molecule has 4 rings (SSSR count). The average molecular weight is 526 g/mol. The van der Waals surface area contributed by atoms with E-state index in [1.165, 1.54) is 16.4 Å². The Morgan fingerprint density at radius 1 is 0.861 bits per heavy atom. The largest absolute Gasteiger partial charge is 0.506 e. The van der Waals surface area contributed by atoms with E-state index in [9.17, 15) is 21.9 Å². The number of benzene rings is 3. The maximum absolute atomic E-state index is 13.0. The highest BCUT2D eigenvalue weighted by molar-refractivity contribution is 7.89. The van der Waals surface area contributed by atoms with Gasteiger partial charge in [0.2, 0.25) is 10.0 Å². The van der Waals surface area contributed by atoms with Crippen LogP contribution in [0.2, 0.25) is 0 Å². The van der Waals surface area contributed by atoms with E-state index in [-0.39, 0.29) is 35.2 Å². The Hall–Kier alpha value is -3.16. The fourth-order valence-corrected chi connectivity index (χ4v) is 6.14. The van der Waals surface area contributed by atoms with Crippen LogP contribution in [-0.4, -0.2) is 32.9 Å². The summed E-state index contributed by atoms with van der Waals surface area (Å²) < 4.78 is 56.9. The minimum atomic E-state index is -3.81. The van der Waals surface area contributed by atoms with Gasteiger partial charge in [0.25, 0.3) is 10.1 Å². The van der Waals surface area contributed by atoms with Crippen molar-refractivity contribution < 1.29 is 26.1 Å². The van der Waals surface area contributed by atoms with E-state index in [1.54, 1.807) is 48.5 Å². The molecule has 7 nitrogen and oxygen atoms in total. The molecule has 0 saturated heterocycles. The summed E-state index contributed by atoms with van der Waals surface area (Å²) in [6.45, 7) is 4.01. The van der Waals surface area contributed by atoms with Crippen LogP contribution in [0.1, 0.15) is 40.7 Å². The van der Waals surface area contributed by atoms with E-state index in [0.29, 0.717) is 24.0 Å². The lowest BCUT2D eigenvalue weighted by atomic mass is 10.0. The zero-order valence-electron chi connectivity index (χ0n) is 20.1. The van der Waals surface area contributed by atoms with E-state index in [0.717, 1.165) is 16.7 Å². The SMILES string of the molecule is Cc1ccc(S(=O)(=O)OCCCC#Cc2ccc3c(c2O)CN(S(=O)(=O)c2ccc(C)cc2)C3)cc1. The van der Waals surface area contributed by atoms with Crippen molar-refractivity contribution in [3.8, 4) is 17.6 Å². The first-order valence-electron chi connectivity index (χ1n) is 11.4. The van der Waals surface area contributed by atoms with Gasteiger partial charge in [-0.1, -0.05) is 53.3 Å². The van der Waals surface area contributed by atoms with Crippen LogP contribution in [0.5, 0.6) is 5.75 Å². The molecule has 0 radical (unpaired) electrons. The van der Waals surface area contributed by atoms with Crippen molar-refractivity contribution in [2.24, 2.45) is 0 Å². The molecule has 1 heterocycles. The number of hydrogen-bond donors (Lipinski definition) is 1. The molecule has 0 spiro atoms. The fourth-order valence-electron chi connectivity index (χ4n) is 3.81. The van der Waals surface area contributed by atoms with Crippen molar-refractivity contribution in [1.29, 1.82) is 0 Å². The number of phenols is 1. The number of sulfonamides is 1. The van der Waals surface area contributed by atoms with E-state index >= 15 is 0 Å². The van der Waals surface area contributed by atoms with Crippen molar-refractivity contribution in [1.82, 2.24) is 4.31 Å². The second-order valence-electron chi connectivity index (χ2n) is 8.68. The minimum absolute atomic E-state index is 0.00705. The van der Waals surface area contributed by atoms with Gasteiger partial charge in [0.1, 0.15) is 5.75 Å². The molecule has 0 aliphatic carbocycles. The summed E-state index contributed by atoms with van der Waals surface area (Å²) in [6, 6.07) is 16.6. The zero-order valence-corrected chi connectivity index (χ0v) is 21.7. The van der Waals surface area contributed by atoms with E-state index < -0.39 is 20.1 Å². The van der Waals surface area contributed by atoms with Gasteiger partial charge in [0.15, 0.2) is 0 Å². The second kappa shape index (κ2) is 10.4. The van der Waals surface area contributed by atoms with Gasteiger partial charge in [-0.3, -0.25) is 4.18 Å². The molecular weight excluding hydrogens is 498 g/mol. The lowest BCUT2D eigenvalue weighted by molar-refractivity contribution is 0.314. The van der Waals surface area contributed by atoms with E-state index in [4.69, 9.17) is 4.18 Å². The Morgan fingerprint density at radius 3 is 2.11 bits per heavy atom. The van der Waals surface area contributed by atoms with Gasteiger partial charge in [-0.05, 0) is 56.2 Å². The highest BCUT2D eigenvalue weighted by Gasteiger charge is 2.32. The van der Waals surface area contributed by atoms with Crippen molar-refractivity contribution in [3.05, 3.63) is 88.5 Å². The van der Waals surface area contributed by atoms with Gasteiger partial charge in [-0.15, -0.1) is 0 Å². The molecule has 0 amide bonds. The molecule has 1 aliphatic rings. The van der Waals surface area contributed by atoms with Gasteiger partial charge in [-0.2, -0.15) is 12.7 Å². The zero-order chi connectivity index (χ0) is 25.9. The highest BCUT2D eigenvalue weighted by atomic mass is 32.2. The first kappa shape index (κ1) is 25.9. The Labute approximate surface area is 212 Å². The number of rotatable bonds is 7. The Balaban J connectivity index is 1.36. The van der Waals surface area contributed by atoms with Crippen LogP contribution in [0.3, 0.4) is 0 Å².